The molecule has 1 heteroatoms. The highest BCUT2D eigenvalue weighted by Gasteiger charge is 1.99. The third-order valence-electron chi connectivity index (χ3n) is 3.08. The molecule has 1 rings (SSSR count). The second kappa shape index (κ2) is 8.98. The van der Waals surface area contributed by atoms with Crippen LogP contribution in [0.5, 0.6) is 0 Å². The summed E-state index contributed by atoms with van der Waals surface area (Å²) in [6.45, 7) is 7.06. The highest BCUT2D eigenvalue weighted by molar-refractivity contribution is 5.01. The molecule has 0 saturated carbocycles. The molecule has 0 aliphatic heterocycles. The Hall–Kier alpha value is -1.11. The molecule has 94 valence electrons. The molecule has 0 fully saturated rings. The number of aryl methyl sites for hydroxylation is 2. The van der Waals surface area contributed by atoms with Crippen molar-refractivity contribution >= 4 is 0 Å². The number of allylic oxidation sites excluding steroid dienone is 1. The SMILES string of the molecule is C=CCCCCCCCC[n+]1cccc(C)c1. The summed E-state index contributed by atoms with van der Waals surface area (Å²) < 4.78 is 2.30. The minimum atomic E-state index is 1.16. The predicted octanol–water partition coefficient (Wildman–Crippen LogP) is 4.20. The van der Waals surface area contributed by atoms with Gasteiger partial charge in [0.1, 0.15) is 6.54 Å². The van der Waals surface area contributed by atoms with Gasteiger partial charge in [-0.15, -0.1) is 6.58 Å². The molecule has 1 aromatic rings. The average molecular weight is 232 g/mol. The van der Waals surface area contributed by atoms with Crippen LogP contribution in [0, 0.1) is 6.92 Å². The zero-order valence-electron chi connectivity index (χ0n) is 11.2. The lowest BCUT2D eigenvalue weighted by Gasteiger charge is -2.00. The molecule has 0 bridgehead atoms. The van der Waals surface area contributed by atoms with Gasteiger partial charge in [-0.05, 0) is 32.3 Å². The van der Waals surface area contributed by atoms with Crippen molar-refractivity contribution in [1.29, 1.82) is 0 Å². The molecule has 0 N–H and O–H groups in total. The normalized spacial score (nSPS) is 10.4. The summed E-state index contributed by atoms with van der Waals surface area (Å²) in [6, 6.07) is 4.28. The van der Waals surface area contributed by atoms with E-state index in [1.165, 1.54) is 50.5 Å². The van der Waals surface area contributed by atoms with Crippen LogP contribution in [0.15, 0.2) is 37.2 Å². The van der Waals surface area contributed by atoms with E-state index in [0.717, 1.165) is 6.54 Å². The van der Waals surface area contributed by atoms with Gasteiger partial charge in [-0.3, -0.25) is 0 Å². The molecule has 0 atom stereocenters. The van der Waals surface area contributed by atoms with Gasteiger partial charge >= 0.3 is 0 Å². The highest BCUT2D eigenvalue weighted by Crippen LogP contribution is 2.07. The van der Waals surface area contributed by atoms with E-state index in [9.17, 15) is 0 Å². The van der Waals surface area contributed by atoms with Crippen LogP contribution in [0.4, 0.5) is 0 Å². The molecule has 1 aromatic heterocycles. The monoisotopic (exact) mass is 232 g/mol. The number of nitrogens with zero attached hydrogens (tertiary/aromatic N) is 1. The van der Waals surface area contributed by atoms with E-state index in [4.69, 9.17) is 0 Å². The molecule has 0 aromatic carbocycles. The quantitative estimate of drug-likeness (QED) is 0.341. The molecule has 1 nitrogen and oxygen atoms in total. The lowest BCUT2D eigenvalue weighted by atomic mass is 10.1. The molecular formula is C16H26N+. The fourth-order valence-electron chi connectivity index (χ4n) is 2.08. The first kappa shape index (κ1) is 14.0. The molecule has 0 spiro atoms. The van der Waals surface area contributed by atoms with Crippen molar-refractivity contribution in [2.75, 3.05) is 0 Å². The first-order chi connectivity index (χ1) is 8.33. The molecule has 0 aliphatic rings. The van der Waals surface area contributed by atoms with E-state index >= 15 is 0 Å². The average Bonchev–Trinajstić information content (AvgIpc) is 2.33. The third kappa shape index (κ3) is 6.93. The summed E-state index contributed by atoms with van der Waals surface area (Å²) in [5, 5.41) is 0. The van der Waals surface area contributed by atoms with Gasteiger partial charge in [0.25, 0.3) is 0 Å². The fraction of sp³-hybridized carbons (Fsp3) is 0.562. The fourth-order valence-corrected chi connectivity index (χ4v) is 2.08. The largest absolute Gasteiger partial charge is 0.205 e. The maximum atomic E-state index is 3.75. The Morgan fingerprint density at radius 1 is 1.12 bits per heavy atom. The van der Waals surface area contributed by atoms with E-state index in [0.29, 0.717) is 0 Å². The molecular weight excluding hydrogens is 206 g/mol. The van der Waals surface area contributed by atoms with Gasteiger partial charge in [0, 0.05) is 18.1 Å². The van der Waals surface area contributed by atoms with Crippen molar-refractivity contribution in [3.8, 4) is 0 Å². The van der Waals surface area contributed by atoms with Gasteiger partial charge in [0.05, 0.1) is 0 Å². The maximum absolute atomic E-state index is 3.75. The van der Waals surface area contributed by atoms with Crippen molar-refractivity contribution < 1.29 is 4.57 Å². The summed E-state index contributed by atoms with van der Waals surface area (Å²) in [4.78, 5) is 0. The smallest absolute Gasteiger partial charge is 0.171 e. The van der Waals surface area contributed by atoms with Gasteiger partial charge in [0.15, 0.2) is 12.4 Å². The van der Waals surface area contributed by atoms with Crippen LogP contribution < -0.4 is 4.57 Å². The lowest BCUT2D eigenvalue weighted by molar-refractivity contribution is -0.697. The first-order valence-electron chi connectivity index (χ1n) is 6.89. The van der Waals surface area contributed by atoms with Gasteiger partial charge in [-0.25, -0.2) is 4.57 Å². The lowest BCUT2D eigenvalue weighted by Crippen LogP contribution is -2.32. The second-order valence-corrected chi connectivity index (χ2v) is 4.82. The molecule has 0 radical (unpaired) electrons. The number of unbranched alkanes of at least 4 members (excludes halogenated alkanes) is 6. The summed E-state index contributed by atoms with van der Waals surface area (Å²) in [6.07, 6.45) is 15.7. The van der Waals surface area contributed by atoms with Crippen LogP contribution in [-0.2, 0) is 6.54 Å². The Labute approximate surface area is 106 Å². The molecule has 0 unspecified atom stereocenters. The molecule has 17 heavy (non-hydrogen) atoms. The number of pyridine rings is 1. The van der Waals surface area contributed by atoms with Crippen molar-refractivity contribution in [2.24, 2.45) is 0 Å². The van der Waals surface area contributed by atoms with Gasteiger partial charge < -0.3 is 0 Å². The van der Waals surface area contributed by atoms with E-state index in [2.05, 4.69) is 42.6 Å². The highest BCUT2D eigenvalue weighted by atomic mass is 14.9. The number of aromatic nitrogens is 1. The Morgan fingerprint density at radius 3 is 2.53 bits per heavy atom. The van der Waals surface area contributed by atoms with Crippen LogP contribution in [-0.4, -0.2) is 0 Å². The van der Waals surface area contributed by atoms with E-state index in [1.54, 1.807) is 0 Å². The Kier molecular flexibility index (Phi) is 7.37. The van der Waals surface area contributed by atoms with Crippen molar-refractivity contribution in [1.82, 2.24) is 0 Å². The zero-order valence-corrected chi connectivity index (χ0v) is 11.2. The van der Waals surface area contributed by atoms with E-state index < -0.39 is 0 Å². The number of hydrogen-bond acceptors (Lipinski definition) is 0. The minimum Gasteiger partial charge on any atom is -0.205 e. The van der Waals surface area contributed by atoms with E-state index in [-0.39, 0.29) is 0 Å². The van der Waals surface area contributed by atoms with Crippen LogP contribution in [0.3, 0.4) is 0 Å². The van der Waals surface area contributed by atoms with Gasteiger partial charge in [-0.2, -0.15) is 0 Å². The molecule has 0 aliphatic carbocycles. The summed E-state index contributed by atoms with van der Waals surface area (Å²) in [5.41, 5.74) is 1.34. The van der Waals surface area contributed by atoms with Gasteiger partial charge in [0.2, 0.25) is 0 Å². The Morgan fingerprint density at radius 2 is 1.82 bits per heavy atom. The first-order valence-corrected chi connectivity index (χ1v) is 6.89. The van der Waals surface area contributed by atoms with Crippen molar-refractivity contribution in [3.63, 3.8) is 0 Å². The van der Waals surface area contributed by atoms with Crippen LogP contribution >= 0.6 is 0 Å². The Balaban J connectivity index is 1.99. The summed E-state index contributed by atoms with van der Waals surface area (Å²) in [5.74, 6) is 0. The standard InChI is InChI=1S/C16H26N/c1-3-4-5-6-7-8-9-10-13-17-14-11-12-16(2)15-17/h3,11-12,14-15H,1,4-10,13H2,2H3/q+1. The topological polar surface area (TPSA) is 3.88 Å². The number of hydrogen-bond donors (Lipinski definition) is 0. The summed E-state index contributed by atoms with van der Waals surface area (Å²) >= 11 is 0. The third-order valence-corrected chi connectivity index (χ3v) is 3.08. The number of rotatable bonds is 9. The maximum Gasteiger partial charge on any atom is 0.171 e. The van der Waals surface area contributed by atoms with Crippen LogP contribution in [0.2, 0.25) is 0 Å². The second-order valence-electron chi connectivity index (χ2n) is 4.82. The van der Waals surface area contributed by atoms with Crippen molar-refractivity contribution in [2.45, 2.75) is 58.4 Å². The van der Waals surface area contributed by atoms with Crippen molar-refractivity contribution in [3.05, 3.63) is 42.7 Å². The molecule has 1 heterocycles. The predicted molar refractivity (Wildman–Crippen MR) is 73.9 cm³/mol. The van der Waals surface area contributed by atoms with E-state index in [1.807, 2.05) is 6.08 Å². The molecule has 0 amide bonds. The Bertz CT molecular complexity index is 317. The van der Waals surface area contributed by atoms with Crippen LogP contribution in [0.25, 0.3) is 0 Å². The summed E-state index contributed by atoms with van der Waals surface area (Å²) in [7, 11) is 0. The van der Waals surface area contributed by atoms with Gasteiger partial charge in [-0.1, -0.05) is 25.3 Å². The zero-order chi connectivity index (χ0) is 12.3. The molecule has 0 saturated heterocycles. The minimum absolute atomic E-state index is 1.16. The van der Waals surface area contributed by atoms with Crippen LogP contribution in [0.1, 0.15) is 50.5 Å².